The zero-order valence-electron chi connectivity index (χ0n) is 12.8. The summed E-state index contributed by atoms with van der Waals surface area (Å²) in [6, 6.07) is 0.800. The number of urea groups is 1. The predicted octanol–water partition coefficient (Wildman–Crippen LogP) is 2.06. The van der Waals surface area contributed by atoms with Crippen LogP contribution in [0.15, 0.2) is 18.3 Å². The van der Waals surface area contributed by atoms with E-state index >= 15 is 0 Å². The predicted molar refractivity (Wildman–Crippen MR) is 76.4 cm³/mol. The number of alkyl halides is 3. The molecule has 24 heavy (non-hydrogen) atoms. The summed E-state index contributed by atoms with van der Waals surface area (Å²) in [5.41, 5.74) is -2.15. The molecule has 1 aromatic rings. The van der Waals surface area contributed by atoms with Crippen LogP contribution in [0.3, 0.4) is 0 Å². The number of nitrogens with zero attached hydrogens (tertiary/aromatic N) is 2. The molecule has 2 N–H and O–H groups in total. The molecule has 0 bridgehead atoms. The Balaban J connectivity index is 2.08. The van der Waals surface area contributed by atoms with Crippen LogP contribution < -0.4 is 5.32 Å². The molecule has 132 valence electrons. The fourth-order valence-corrected chi connectivity index (χ4v) is 2.54. The third kappa shape index (κ3) is 3.75. The van der Waals surface area contributed by atoms with Gasteiger partial charge in [-0.1, -0.05) is 0 Å². The third-order valence-electron chi connectivity index (χ3n) is 3.84. The number of amides is 2. The molecular formula is C14H16F3N3O4. The number of carbonyl (C=O) groups excluding carboxylic acids is 1. The Labute approximate surface area is 135 Å². The standard InChI is InChI=1S/C14H16F3N3O4/c1-24-8-13(11(21)22)3-5-20(7-13)12(23)19-10-6-9(2-4-18-10)14(15,16)17/h2,4,6H,3,5,7-8H2,1H3,(H,21,22)(H,18,19,23). The van der Waals surface area contributed by atoms with E-state index in [1.54, 1.807) is 0 Å². The number of ether oxygens (including phenoxy) is 1. The van der Waals surface area contributed by atoms with E-state index in [9.17, 15) is 27.9 Å². The molecule has 1 aliphatic heterocycles. The monoisotopic (exact) mass is 347 g/mol. The van der Waals surface area contributed by atoms with Gasteiger partial charge in [-0.2, -0.15) is 13.2 Å². The Morgan fingerprint density at radius 1 is 1.50 bits per heavy atom. The van der Waals surface area contributed by atoms with E-state index in [2.05, 4.69) is 10.3 Å². The van der Waals surface area contributed by atoms with Crippen molar-refractivity contribution in [3.05, 3.63) is 23.9 Å². The van der Waals surface area contributed by atoms with Gasteiger partial charge < -0.3 is 14.7 Å². The highest BCUT2D eigenvalue weighted by Gasteiger charge is 2.46. The fraction of sp³-hybridized carbons (Fsp3) is 0.500. The number of aliphatic carboxylic acids is 1. The molecule has 2 rings (SSSR count). The molecule has 1 aliphatic rings. The highest BCUT2D eigenvalue weighted by Crippen LogP contribution is 2.32. The van der Waals surface area contributed by atoms with Crippen molar-refractivity contribution in [3.8, 4) is 0 Å². The van der Waals surface area contributed by atoms with Gasteiger partial charge in [0.15, 0.2) is 0 Å². The number of pyridine rings is 1. The van der Waals surface area contributed by atoms with Gasteiger partial charge in [-0.3, -0.25) is 10.1 Å². The number of halogens is 3. The number of nitrogens with one attached hydrogen (secondary N) is 1. The summed E-state index contributed by atoms with van der Waals surface area (Å²) in [6.07, 6.45) is -3.42. The Morgan fingerprint density at radius 3 is 2.79 bits per heavy atom. The molecule has 1 unspecified atom stereocenters. The van der Waals surface area contributed by atoms with Crippen LogP contribution in [0.1, 0.15) is 12.0 Å². The first kappa shape index (κ1) is 18.0. The number of carboxylic acids is 1. The molecule has 0 saturated carbocycles. The Kier molecular flexibility index (Phi) is 4.97. The molecule has 1 aromatic heterocycles. The van der Waals surface area contributed by atoms with Gasteiger partial charge in [0.1, 0.15) is 11.2 Å². The topological polar surface area (TPSA) is 91.8 Å². The minimum Gasteiger partial charge on any atom is -0.481 e. The Morgan fingerprint density at radius 2 is 2.21 bits per heavy atom. The van der Waals surface area contributed by atoms with E-state index < -0.39 is 29.2 Å². The maximum absolute atomic E-state index is 12.7. The van der Waals surface area contributed by atoms with Gasteiger partial charge in [-0.05, 0) is 18.6 Å². The molecule has 7 nitrogen and oxygen atoms in total. The molecule has 10 heteroatoms. The maximum atomic E-state index is 12.7. The average Bonchev–Trinajstić information content (AvgIpc) is 2.93. The van der Waals surface area contributed by atoms with Crippen molar-refractivity contribution >= 4 is 17.8 Å². The summed E-state index contributed by atoms with van der Waals surface area (Å²) < 4.78 is 42.9. The number of hydrogen-bond donors (Lipinski definition) is 2. The van der Waals surface area contributed by atoms with Crippen LogP contribution in [0, 0.1) is 5.41 Å². The lowest BCUT2D eigenvalue weighted by atomic mass is 9.88. The van der Waals surface area contributed by atoms with Crippen LogP contribution >= 0.6 is 0 Å². The van der Waals surface area contributed by atoms with Gasteiger partial charge in [0, 0.05) is 26.4 Å². The summed E-state index contributed by atoms with van der Waals surface area (Å²) in [6.45, 7) is -0.00462. The zero-order chi connectivity index (χ0) is 18.0. The van der Waals surface area contributed by atoms with Gasteiger partial charge in [0.05, 0.1) is 12.2 Å². The number of hydrogen-bond acceptors (Lipinski definition) is 4. The molecule has 1 fully saturated rings. The number of rotatable bonds is 4. The molecule has 2 heterocycles. The number of aromatic nitrogens is 1. The Bertz CT molecular complexity index is 638. The normalized spacial score (nSPS) is 20.9. The van der Waals surface area contributed by atoms with Crippen LogP contribution in [-0.2, 0) is 15.7 Å². The molecule has 1 saturated heterocycles. The summed E-state index contributed by atoms with van der Waals surface area (Å²) in [7, 11) is 1.36. The Hall–Kier alpha value is -2.36. The second kappa shape index (κ2) is 6.63. The fourth-order valence-electron chi connectivity index (χ4n) is 2.54. The lowest BCUT2D eigenvalue weighted by Crippen LogP contribution is -2.41. The van der Waals surface area contributed by atoms with Crippen molar-refractivity contribution in [2.75, 3.05) is 32.1 Å². The second-order valence-corrected chi connectivity index (χ2v) is 5.55. The molecule has 0 radical (unpaired) electrons. The second-order valence-electron chi connectivity index (χ2n) is 5.55. The lowest BCUT2D eigenvalue weighted by Gasteiger charge is -2.23. The van der Waals surface area contributed by atoms with E-state index in [4.69, 9.17) is 4.74 Å². The largest absolute Gasteiger partial charge is 0.481 e. The first-order chi connectivity index (χ1) is 11.2. The first-order valence-corrected chi connectivity index (χ1v) is 6.99. The van der Waals surface area contributed by atoms with Gasteiger partial charge in [0.25, 0.3) is 0 Å². The van der Waals surface area contributed by atoms with E-state index in [1.807, 2.05) is 0 Å². The number of carboxylic acid groups (broad SMARTS) is 1. The quantitative estimate of drug-likeness (QED) is 0.870. The summed E-state index contributed by atoms with van der Waals surface area (Å²) in [5.74, 6) is -1.34. The highest BCUT2D eigenvalue weighted by molar-refractivity contribution is 5.89. The molecule has 2 amide bonds. The summed E-state index contributed by atoms with van der Waals surface area (Å²) >= 11 is 0. The highest BCUT2D eigenvalue weighted by atomic mass is 19.4. The van der Waals surface area contributed by atoms with Gasteiger partial charge in [0.2, 0.25) is 0 Å². The van der Waals surface area contributed by atoms with Crippen LogP contribution in [0.5, 0.6) is 0 Å². The zero-order valence-corrected chi connectivity index (χ0v) is 12.8. The van der Waals surface area contributed by atoms with Crippen molar-refractivity contribution in [2.45, 2.75) is 12.6 Å². The lowest BCUT2D eigenvalue weighted by molar-refractivity contribution is -0.151. The van der Waals surface area contributed by atoms with E-state index in [0.717, 1.165) is 12.3 Å². The minimum atomic E-state index is -4.55. The van der Waals surface area contributed by atoms with Crippen molar-refractivity contribution < 1.29 is 32.6 Å². The summed E-state index contributed by atoms with van der Waals surface area (Å²) in [4.78, 5) is 28.5. The van der Waals surface area contributed by atoms with Crippen LogP contribution in [0.2, 0.25) is 0 Å². The minimum absolute atomic E-state index is 0.0616. The molecule has 0 aromatic carbocycles. The van der Waals surface area contributed by atoms with Crippen molar-refractivity contribution in [3.63, 3.8) is 0 Å². The van der Waals surface area contributed by atoms with Gasteiger partial charge in [-0.25, -0.2) is 9.78 Å². The van der Waals surface area contributed by atoms with Gasteiger partial charge >= 0.3 is 18.2 Å². The third-order valence-corrected chi connectivity index (χ3v) is 3.84. The number of anilines is 1. The van der Waals surface area contributed by atoms with E-state index in [1.165, 1.54) is 12.0 Å². The van der Waals surface area contributed by atoms with Crippen LogP contribution in [0.25, 0.3) is 0 Å². The molecule has 0 spiro atoms. The molecule has 0 aliphatic carbocycles. The molecule has 1 atom stereocenters. The van der Waals surface area contributed by atoms with Crippen LogP contribution in [-0.4, -0.2) is 53.8 Å². The number of methoxy groups -OCH3 is 1. The van der Waals surface area contributed by atoms with E-state index in [-0.39, 0.29) is 31.9 Å². The number of carbonyl (C=O) groups is 2. The summed E-state index contributed by atoms with van der Waals surface area (Å²) in [5, 5.41) is 11.6. The maximum Gasteiger partial charge on any atom is 0.416 e. The van der Waals surface area contributed by atoms with Crippen molar-refractivity contribution in [2.24, 2.45) is 5.41 Å². The SMILES string of the molecule is COCC1(C(=O)O)CCN(C(=O)Nc2cc(C(F)(F)F)ccn2)C1. The van der Waals surface area contributed by atoms with Crippen molar-refractivity contribution in [1.29, 1.82) is 0 Å². The number of likely N-dealkylation sites (tertiary alicyclic amines) is 1. The smallest absolute Gasteiger partial charge is 0.416 e. The molecular weight excluding hydrogens is 331 g/mol. The first-order valence-electron chi connectivity index (χ1n) is 6.99. The van der Waals surface area contributed by atoms with Gasteiger partial charge in [-0.15, -0.1) is 0 Å². The van der Waals surface area contributed by atoms with Crippen molar-refractivity contribution in [1.82, 2.24) is 9.88 Å². The van der Waals surface area contributed by atoms with E-state index in [0.29, 0.717) is 6.07 Å². The average molecular weight is 347 g/mol. The van der Waals surface area contributed by atoms with Crippen LogP contribution in [0.4, 0.5) is 23.8 Å².